The lowest BCUT2D eigenvalue weighted by atomic mass is 9.90. The standard InChI is InChI=1S/C6H14O2.C5H8.BH3O2/c1-5(2,7)6(3,4)8;1-2-4-5-3-1;2-1-3/h7-8H,1-4H3;1-2H,3-5H2;1-3H. The van der Waals surface area contributed by atoms with Crippen LogP contribution in [-0.4, -0.2) is 39.1 Å². The molecule has 1 rings (SSSR count). The van der Waals surface area contributed by atoms with Crippen LogP contribution >= 0.6 is 0 Å². The number of hydrogen-bond acceptors (Lipinski definition) is 4. The van der Waals surface area contributed by atoms with Gasteiger partial charge in [0.2, 0.25) is 0 Å². The monoisotopic (exact) mass is 232 g/mol. The van der Waals surface area contributed by atoms with Gasteiger partial charge in [-0.15, -0.1) is 0 Å². The van der Waals surface area contributed by atoms with Crippen LogP contribution < -0.4 is 0 Å². The fourth-order valence-corrected chi connectivity index (χ4v) is 0.589. The molecule has 0 aromatic carbocycles. The van der Waals surface area contributed by atoms with Gasteiger partial charge in [0.15, 0.2) is 0 Å². The average molecular weight is 232 g/mol. The molecule has 0 aromatic heterocycles. The molecule has 0 radical (unpaired) electrons. The lowest BCUT2D eigenvalue weighted by Gasteiger charge is -2.31. The Kier molecular flexibility index (Phi) is 9.86. The predicted molar refractivity (Wildman–Crippen MR) is 67.2 cm³/mol. The molecule has 0 saturated carbocycles. The van der Waals surface area contributed by atoms with E-state index in [2.05, 4.69) is 12.2 Å². The molecule has 0 aromatic rings. The molecule has 5 heteroatoms. The lowest BCUT2D eigenvalue weighted by Crippen LogP contribution is -2.44. The van der Waals surface area contributed by atoms with Crippen LogP contribution in [0.2, 0.25) is 0 Å². The van der Waals surface area contributed by atoms with E-state index in [0.29, 0.717) is 0 Å². The van der Waals surface area contributed by atoms with Crippen molar-refractivity contribution in [1.29, 1.82) is 0 Å². The molecular formula is C11H25BO4. The van der Waals surface area contributed by atoms with Gasteiger partial charge in [0.05, 0.1) is 11.2 Å². The van der Waals surface area contributed by atoms with Crippen molar-refractivity contribution in [3.8, 4) is 0 Å². The topological polar surface area (TPSA) is 80.9 Å². The second-order valence-corrected chi connectivity index (χ2v) is 4.66. The van der Waals surface area contributed by atoms with E-state index >= 15 is 0 Å². The highest BCUT2D eigenvalue weighted by atomic mass is 16.4. The van der Waals surface area contributed by atoms with Crippen molar-refractivity contribution in [3.63, 3.8) is 0 Å². The van der Waals surface area contributed by atoms with E-state index in [1.54, 1.807) is 27.7 Å². The first kappa shape index (κ1) is 18.0. The van der Waals surface area contributed by atoms with Crippen LogP contribution in [0.15, 0.2) is 12.2 Å². The van der Waals surface area contributed by atoms with Gasteiger partial charge in [0.25, 0.3) is 0 Å². The zero-order chi connectivity index (χ0) is 13.2. The maximum absolute atomic E-state index is 9.10. The summed E-state index contributed by atoms with van der Waals surface area (Å²) in [4.78, 5) is 0. The number of hydrogen-bond donors (Lipinski definition) is 4. The summed E-state index contributed by atoms with van der Waals surface area (Å²) < 4.78 is 0. The molecule has 0 heterocycles. The molecule has 96 valence electrons. The first-order valence-corrected chi connectivity index (χ1v) is 5.48. The number of aliphatic hydroxyl groups is 2. The van der Waals surface area contributed by atoms with Crippen molar-refractivity contribution in [2.45, 2.75) is 58.2 Å². The summed E-state index contributed by atoms with van der Waals surface area (Å²) in [5.41, 5.74) is -2.01. The Bertz CT molecular complexity index is 161. The minimum absolute atomic E-state index is 0.750. The van der Waals surface area contributed by atoms with Gasteiger partial charge in [0, 0.05) is 0 Å². The van der Waals surface area contributed by atoms with Crippen molar-refractivity contribution < 1.29 is 20.3 Å². The molecule has 0 aliphatic heterocycles. The lowest BCUT2D eigenvalue weighted by molar-refractivity contribution is -0.107. The first-order valence-electron chi connectivity index (χ1n) is 5.48. The Balaban J connectivity index is 0. The van der Waals surface area contributed by atoms with E-state index < -0.39 is 18.9 Å². The fourth-order valence-electron chi connectivity index (χ4n) is 0.589. The van der Waals surface area contributed by atoms with E-state index in [-0.39, 0.29) is 0 Å². The van der Waals surface area contributed by atoms with Gasteiger partial charge in [-0.1, -0.05) is 12.2 Å². The largest absolute Gasteiger partial charge is 0.432 e. The van der Waals surface area contributed by atoms with Gasteiger partial charge in [-0.3, -0.25) is 0 Å². The van der Waals surface area contributed by atoms with Gasteiger partial charge in [-0.25, -0.2) is 0 Å². The van der Waals surface area contributed by atoms with E-state index in [4.69, 9.17) is 20.3 Å². The third kappa shape index (κ3) is 11.7. The molecule has 4 nitrogen and oxygen atoms in total. The second-order valence-electron chi connectivity index (χ2n) is 4.66. The SMILES string of the molecule is C1=CCCC1.CC(C)(O)C(C)(C)O.OBO. The highest BCUT2D eigenvalue weighted by Gasteiger charge is 2.31. The van der Waals surface area contributed by atoms with Gasteiger partial charge in [-0.2, -0.15) is 0 Å². The van der Waals surface area contributed by atoms with E-state index in [0.717, 1.165) is 0 Å². The first-order chi connectivity index (χ1) is 7.16. The molecule has 16 heavy (non-hydrogen) atoms. The van der Waals surface area contributed by atoms with Gasteiger partial charge >= 0.3 is 7.69 Å². The summed E-state index contributed by atoms with van der Waals surface area (Å²) in [7, 11) is -0.750. The van der Waals surface area contributed by atoms with Crippen LogP contribution in [0.4, 0.5) is 0 Å². The van der Waals surface area contributed by atoms with Crippen molar-refractivity contribution >= 4 is 7.69 Å². The molecule has 0 fully saturated rings. The van der Waals surface area contributed by atoms with Crippen LogP contribution in [0.25, 0.3) is 0 Å². The molecule has 0 amide bonds. The minimum Gasteiger partial charge on any atom is -0.430 e. The predicted octanol–water partition coefficient (Wildman–Crippen LogP) is 0.492. The molecule has 0 spiro atoms. The summed E-state index contributed by atoms with van der Waals surface area (Å²) in [5, 5.41) is 32.5. The Hall–Kier alpha value is -0.355. The third-order valence-electron chi connectivity index (χ3n) is 2.41. The summed E-state index contributed by atoms with van der Waals surface area (Å²) in [6, 6.07) is 0. The van der Waals surface area contributed by atoms with Gasteiger partial charge in [-0.05, 0) is 47.0 Å². The maximum atomic E-state index is 9.10. The van der Waals surface area contributed by atoms with Crippen molar-refractivity contribution in [3.05, 3.63) is 12.2 Å². The summed E-state index contributed by atoms with van der Waals surface area (Å²) in [6.07, 6.45) is 8.50. The zero-order valence-corrected chi connectivity index (χ0v) is 10.8. The average Bonchev–Trinajstić information content (AvgIpc) is 2.57. The Morgan fingerprint density at radius 1 is 0.875 bits per heavy atom. The molecule has 4 N–H and O–H groups in total. The van der Waals surface area contributed by atoms with Crippen LogP contribution in [0.3, 0.4) is 0 Å². The van der Waals surface area contributed by atoms with Gasteiger partial charge < -0.3 is 20.3 Å². The van der Waals surface area contributed by atoms with Crippen LogP contribution in [0, 0.1) is 0 Å². The molecule has 1 aliphatic carbocycles. The highest BCUT2D eigenvalue weighted by Crippen LogP contribution is 2.19. The second kappa shape index (κ2) is 8.76. The molecule has 0 atom stereocenters. The minimum atomic E-state index is -1.01. The Morgan fingerprint density at radius 2 is 1.12 bits per heavy atom. The number of allylic oxidation sites excluding steroid dienone is 2. The Labute approximate surface area is 98.9 Å². The van der Waals surface area contributed by atoms with Crippen LogP contribution in [-0.2, 0) is 0 Å². The molecule has 1 aliphatic rings. The maximum Gasteiger partial charge on any atom is 0.432 e. The molecular weight excluding hydrogens is 207 g/mol. The quantitative estimate of drug-likeness (QED) is 0.392. The van der Waals surface area contributed by atoms with Crippen molar-refractivity contribution in [2.75, 3.05) is 0 Å². The van der Waals surface area contributed by atoms with Crippen molar-refractivity contribution in [2.24, 2.45) is 0 Å². The van der Waals surface area contributed by atoms with E-state index in [1.807, 2.05) is 0 Å². The smallest absolute Gasteiger partial charge is 0.430 e. The molecule has 0 bridgehead atoms. The van der Waals surface area contributed by atoms with E-state index in [9.17, 15) is 0 Å². The highest BCUT2D eigenvalue weighted by molar-refractivity contribution is 6.13. The summed E-state index contributed by atoms with van der Waals surface area (Å²) in [5.74, 6) is 0. The van der Waals surface area contributed by atoms with Crippen molar-refractivity contribution in [1.82, 2.24) is 0 Å². The normalized spacial score (nSPS) is 14.5. The summed E-state index contributed by atoms with van der Waals surface area (Å²) >= 11 is 0. The molecule has 0 saturated heterocycles. The van der Waals surface area contributed by atoms with E-state index in [1.165, 1.54) is 19.3 Å². The van der Waals surface area contributed by atoms with Crippen LogP contribution in [0.5, 0.6) is 0 Å². The zero-order valence-electron chi connectivity index (χ0n) is 10.8. The van der Waals surface area contributed by atoms with Gasteiger partial charge in [0.1, 0.15) is 0 Å². The Morgan fingerprint density at radius 3 is 1.19 bits per heavy atom. The fraction of sp³-hybridized carbons (Fsp3) is 0.818. The number of rotatable bonds is 1. The third-order valence-corrected chi connectivity index (χ3v) is 2.41. The summed E-state index contributed by atoms with van der Waals surface area (Å²) in [6.45, 7) is 6.31. The van der Waals surface area contributed by atoms with Crippen LogP contribution in [0.1, 0.15) is 47.0 Å². The molecule has 0 unspecified atom stereocenters.